The van der Waals surface area contributed by atoms with E-state index in [0.29, 0.717) is 12.1 Å². The van der Waals surface area contributed by atoms with E-state index in [2.05, 4.69) is 10.2 Å². The first-order valence-corrected chi connectivity index (χ1v) is 3.06. The molecule has 1 heterocycles. The number of nitrogens with zero attached hydrogens (tertiary/aromatic N) is 3. The Hall–Kier alpha value is -1.59. The molecule has 0 aromatic carbocycles. The van der Waals surface area contributed by atoms with Gasteiger partial charge < -0.3 is 10.9 Å². The largest absolute Gasteiger partial charge is 0.481 e. The lowest BCUT2D eigenvalue weighted by Gasteiger charge is -1.88. The van der Waals surface area contributed by atoms with Gasteiger partial charge in [-0.15, -0.1) is 10.2 Å². The van der Waals surface area contributed by atoms with Crippen LogP contribution < -0.4 is 5.84 Å². The van der Waals surface area contributed by atoms with Gasteiger partial charge in [0.05, 0.1) is 18.3 Å². The van der Waals surface area contributed by atoms with Crippen LogP contribution in [-0.4, -0.2) is 26.2 Å². The van der Waals surface area contributed by atoms with Gasteiger partial charge in [0.1, 0.15) is 0 Å². The second kappa shape index (κ2) is 3.00. The maximum absolute atomic E-state index is 10.1. The van der Waals surface area contributed by atoms with Crippen LogP contribution >= 0.6 is 0 Å². The van der Waals surface area contributed by atoms with Crippen molar-refractivity contribution < 1.29 is 9.90 Å². The van der Waals surface area contributed by atoms with Crippen molar-refractivity contribution in [1.82, 2.24) is 15.1 Å². The molecule has 0 saturated carbocycles. The maximum Gasteiger partial charge on any atom is 0.303 e. The van der Waals surface area contributed by atoms with Gasteiger partial charge in [-0.2, -0.15) is 0 Å². The van der Waals surface area contributed by atoms with Crippen molar-refractivity contribution in [1.29, 1.82) is 0 Å². The van der Waals surface area contributed by atoms with Crippen molar-refractivity contribution in [3.8, 4) is 0 Å². The van der Waals surface area contributed by atoms with Crippen LogP contribution in [0, 0.1) is 0 Å². The van der Waals surface area contributed by atoms with Crippen molar-refractivity contribution in [2.24, 2.45) is 0 Å². The van der Waals surface area contributed by atoms with Crippen LogP contribution in [0.15, 0.2) is 6.20 Å². The molecular weight excluding hydrogens is 148 g/mol. The number of nitrogen functional groups attached to an aromatic ring is 1. The van der Waals surface area contributed by atoms with Crippen LogP contribution in [0.1, 0.15) is 12.1 Å². The van der Waals surface area contributed by atoms with E-state index in [4.69, 9.17) is 10.9 Å². The van der Waals surface area contributed by atoms with Crippen LogP contribution in [-0.2, 0) is 11.2 Å². The van der Waals surface area contributed by atoms with Crippen LogP contribution in [0.3, 0.4) is 0 Å². The fourth-order valence-electron chi connectivity index (χ4n) is 0.659. The number of aryl methyl sites for hydroxylation is 1. The standard InChI is InChI=1S/C5H8N4O2/c6-9-7-3-4(8-9)1-2-5(10)11/h3H,1-2,6H2,(H,10,11). The van der Waals surface area contributed by atoms with Crippen LogP contribution in [0.2, 0.25) is 0 Å². The maximum atomic E-state index is 10.1. The van der Waals surface area contributed by atoms with Crippen molar-refractivity contribution in [2.75, 3.05) is 5.84 Å². The van der Waals surface area contributed by atoms with Crippen LogP contribution in [0.5, 0.6) is 0 Å². The average Bonchev–Trinajstić information content (AvgIpc) is 2.31. The molecular formula is C5H8N4O2. The molecule has 0 fully saturated rings. The molecule has 0 radical (unpaired) electrons. The Morgan fingerprint density at radius 1 is 1.82 bits per heavy atom. The summed E-state index contributed by atoms with van der Waals surface area (Å²) < 4.78 is 0. The lowest BCUT2D eigenvalue weighted by molar-refractivity contribution is -0.136. The molecule has 0 saturated heterocycles. The minimum atomic E-state index is -0.850. The summed E-state index contributed by atoms with van der Waals surface area (Å²) >= 11 is 0. The van der Waals surface area contributed by atoms with E-state index in [1.807, 2.05) is 0 Å². The molecule has 0 aliphatic rings. The minimum Gasteiger partial charge on any atom is -0.481 e. The predicted molar refractivity (Wildman–Crippen MR) is 36.1 cm³/mol. The zero-order valence-electron chi connectivity index (χ0n) is 5.77. The zero-order chi connectivity index (χ0) is 8.27. The highest BCUT2D eigenvalue weighted by atomic mass is 16.4. The highest BCUT2D eigenvalue weighted by Crippen LogP contribution is 1.94. The van der Waals surface area contributed by atoms with Gasteiger partial charge in [-0.05, 0) is 0 Å². The molecule has 0 aliphatic carbocycles. The number of rotatable bonds is 3. The first-order chi connectivity index (χ1) is 5.18. The molecule has 1 aromatic rings. The van der Waals surface area contributed by atoms with Gasteiger partial charge in [-0.3, -0.25) is 4.79 Å². The number of nitrogens with two attached hydrogens (primary N) is 1. The van der Waals surface area contributed by atoms with E-state index < -0.39 is 5.97 Å². The van der Waals surface area contributed by atoms with Gasteiger partial charge in [0, 0.05) is 6.42 Å². The number of hydrogen-bond acceptors (Lipinski definition) is 4. The molecule has 1 rings (SSSR count). The molecule has 6 heteroatoms. The predicted octanol–water partition coefficient (Wildman–Crippen LogP) is -0.991. The minimum absolute atomic E-state index is 0.0543. The van der Waals surface area contributed by atoms with Crippen molar-refractivity contribution in [3.05, 3.63) is 11.9 Å². The number of carboxylic acid groups (broad SMARTS) is 1. The van der Waals surface area contributed by atoms with Crippen molar-refractivity contribution in [2.45, 2.75) is 12.8 Å². The summed E-state index contributed by atoms with van der Waals surface area (Å²) in [6, 6.07) is 0. The first-order valence-electron chi connectivity index (χ1n) is 3.06. The number of carboxylic acids is 1. The number of hydrogen-bond donors (Lipinski definition) is 2. The Morgan fingerprint density at radius 2 is 2.55 bits per heavy atom. The van der Waals surface area contributed by atoms with Crippen LogP contribution in [0.4, 0.5) is 0 Å². The summed E-state index contributed by atoms with van der Waals surface area (Å²) in [5.74, 6) is 4.28. The van der Waals surface area contributed by atoms with Crippen molar-refractivity contribution in [3.63, 3.8) is 0 Å². The van der Waals surface area contributed by atoms with Gasteiger partial charge in [-0.25, -0.2) is 0 Å². The van der Waals surface area contributed by atoms with E-state index in [0.717, 1.165) is 4.91 Å². The number of aliphatic carboxylic acids is 1. The third-order valence-electron chi connectivity index (χ3n) is 1.15. The highest BCUT2D eigenvalue weighted by molar-refractivity contribution is 5.66. The molecule has 1 aromatic heterocycles. The van der Waals surface area contributed by atoms with Gasteiger partial charge in [0.15, 0.2) is 0 Å². The quantitative estimate of drug-likeness (QED) is 0.548. The molecule has 0 atom stereocenters. The highest BCUT2D eigenvalue weighted by Gasteiger charge is 2.01. The zero-order valence-corrected chi connectivity index (χ0v) is 5.77. The fourth-order valence-corrected chi connectivity index (χ4v) is 0.659. The monoisotopic (exact) mass is 156 g/mol. The van der Waals surface area contributed by atoms with E-state index in [-0.39, 0.29) is 6.42 Å². The third-order valence-corrected chi connectivity index (χ3v) is 1.15. The second-order valence-electron chi connectivity index (χ2n) is 2.05. The molecule has 0 spiro atoms. The Bertz CT molecular complexity index is 257. The third kappa shape index (κ3) is 2.24. The smallest absolute Gasteiger partial charge is 0.303 e. The van der Waals surface area contributed by atoms with Crippen molar-refractivity contribution >= 4 is 5.97 Å². The van der Waals surface area contributed by atoms with Gasteiger partial charge in [0.2, 0.25) is 0 Å². The van der Waals surface area contributed by atoms with E-state index >= 15 is 0 Å². The van der Waals surface area contributed by atoms with E-state index in [9.17, 15) is 4.79 Å². The average molecular weight is 156 g/mol. The molecule has 0 bridgehead atoms. The summed E-state index contributed by atoms with van der Waals surface area (Å²) in [5.41, 5.74) is 0.593. The SMILES string of the molecule is Nn1ncc(CCC(=O)O)n1. The van der Waals surface area contributed by atoms with Gasteiger partial charge >= 0.3 is 5.97 Å². The number of aromatic nitrogens is 3. The Labute approximate surface area is 62.6 Å². The summed E-state index contributed by atoms with van der Waals surface area (Å²) in [6.07, 6.45) is 1.87. The lowest BCUT2D eigenvalue weighted by Crippen LogP contribution is -2.12. The molecule has 3 N–H and O–H groups in total. The molecule has 11 heavy (non-hydrogen) atoms. The molecule has 0 aliphatic heterocycles. The topological polar surface area (TPSA) is 94.0 Å². The van der Waals surface area contributed by atoms with Crippen LogP contribution in [0.25, 0.3) is 0 Å². The van der Waals surface area contributed by atoms with Gasteiger partial charge in [-0.1, -0.05) is 4.91 Å². The summed E-state index contributed by atoms with van der Waals surface area (Å²) in [5, 5.41) is 15.6. The van der Waals surface area contributed by atoms with Gasteiger partial charge in [0.25, 0.3) is 0 Å². The van der Waals surface area contributed by atoms with E-state index in [1.165, 1.54) is 6.20 Å². The summed E-state index contributed by atoms with van der Waals surface area (Å²) in [4.78, 5) is 11.0. The molecule has 60 valence electrons. The normalized spacial score (nSPS) is 9.82. The summed E-state index contributed by atoms with van der Waals surface area (Å²) in [7, 11) is 0. The lowest BCUT2D eigenvalue weighted by atomic mass is 10.2. The number of carbonyl (C=O) groups is 1. The molecule has 6 nitrogen and oxygen atoms in total. The fraction of sp³-hybridized carbons (Fsp3) is 0.400. The second-order valence-corrected chi connectivity index (χ2v) is 2.05. The summed E-state index contributed by atoms with van der Waals surface area (Å²) in [6.45, 7) is 0. The molecule has 0 unspecified atom stereocenters. The Morgan fingerprint density at radius 3 is 3.00 bits per heavy atom. The Kier molecular flexibility index (Phi) is 2.05. The Balaban J connectivity index is 2.45. The first kappa shape index (κ1) is 7.52. The van der Waals surface area contributed by atoms with E-state index in [1.54, 1.807) is 0 Å². The molecule has 0 amide bonds.